The molecule has 0 aliphatic carbocycles. The van der Waals surface area contributed by atoms with Gasteiger partial charge in [0, 0.05) is 69.7 Å². The fourth-order valence-corrected chi connectivity index (χ4v) is 9.87. The zero-order chi connectivity index (χ0) is 59.7. The highest BCUT2D eigenvalue weighted by Gasteiger charge is 2.45. The Morgan fingerprint density at radius 3 is 1.10 bits per heavy atom. The van der Waals surface area contributed by atoms with Gasteiger partial charge < -0.3 is 109 Å². The SMILES string of the molecule is CC(C)OCCN(COP(=O)(O)OCCN(CCOP(=O)(O)OCCN(CCO)C(=O)CCCO[C@@H]1OC(CO)[C@H](O)[C@H](O)C1C)C(=O)CCCO[C@@H]1OC(CO)[C@H](O)[C@H](O)C1C)C(=O)CCCO[C@@H]1OC(CO)[C@H](O)[C@H](O)C1C. The number of amides is 3. The molecule has 33 heteroatoms. The summed E-state index contributed by atoms with van der Waals surface area (Å²) in [5.74, 6) is -3.64. The van der Waals surface area contributed by atoms with Crippen LogP contribution in [0, 0.1) is 17.8 Å². The lowest BCUT2D eigenvalue weighted by Crippen LogP contribution is -2.55. The van der Waals surface area contributed by atoms with E-state index in [2.05, 4.69) is 0 Å². The number of hydrogen-bond acceptors (Lipinski definition) is 26. The Hall–Kier alpha value is -2.05. The van der Waals surface area contributed by atoms with Gasteiger partial charge in [-0.2, -0.15) is 0 Å². The van der Waals surface area contributed by atoms with Gasteiger partial charge in [-0.1, -0.05) is 20.8 Å². The standard InChI is InChI=1S/C47H89N3O28P2/c1-29(2)68-21-13-50(38(57)11-8-20-71-47-32(5)41(60)44(63)35(27-54)78-47)28-75-80(66,67)74-24-16-49(37(56)10-7-19-70-46-31(4)40(59)43(62)34(26-53)77-46)15-23-73-79(64,65)72-22-14-48(12-17-51)36(55)9-6-18-69-45-30(3)39(58)42(61)33(25-52)76-45/h29-35,39-47,51-54,58-63H,6-28H2,1-5H3,(H,64,65)(H,66,67)/t30?,31?,32?,33?,34?,35?,39-,40-,41-,42+,43+,44+,45-,46-,47-/m1/s1. The minimum Gasteiger partial charge on any atom is -0.395 e. The first-order chi connectivity index (χ1) is 37.8. The molecular weight excluding hydrogens is 1120 g/mol. The Morgan fingerprint density at radius 2 is 0.775 bits per heavy atom. The summed E-state index contributed by atoms with van der Waals surface area (Å²) in [6.45, 7) is 2.11. The van der Waals surface area contributed by atoms with Gasteiger partial charge in [0.25, 0.3) is 0 Å². The molecule has 31 nitrogen and oxygen atoms in total. The van der Waals surface area contributed by atoms with E-state index in [4.69, 9.17) is 51.3 Å². The Morgan fingerprint density at radius 1 is 0.463 bits per heavy atom. The van der Waals surface area contributed by atoms with Crippen LogP contribution in [-0.4, -0.2) is 285 Å². The van der Waals surface area contributed by atoms with E-state index < -0.39 is 191 Å². The molecule has 470 valence electrons. The second-order valence-corrected chi connectivity index (χ2v) is 22.8. The summed E-state index contributed by atoms with van der Waals surface area (Å²) in [5.41, 5.74) is 0. The quantitative estimate of drug-likeness (QED) is 0.0163. The predicted octanol–water partition coefficient (Wildman–Crippen LogP) is -3.27. The zero-order valence-electron chi connectivity index (χ0n) is 46.1. The molecule has 3 aliphatic rings. The van der Waals surface area contributed by atoms with Crippen LogP contribution in [0.5, 0.6) is 0 Å². The Kier molecular flexibility index (Phi) is 33.1. The maximum absolute atomic E-state index is 13.6. The monoisotopic (exact) mass is 1210 g/mol. The topological polar surface area (TPSA) is 439 Å². The van der Waals surface area contributed by atoms with E-state index in [0.29, 0.717) is 0 Å². The second-order valence-electron chi connectivity index (χ2n) is 19.9. The van der Waals surface area contributed by atoms with Gasteiger partial charge in [0.05, 0.1) is 97.1 Å². The third-order valence-corrected chi connectivity index (χ3v) is 15.4. The minimum absolute atomic E-state index is 0.0164. The third kappa shape index (κ3) is 24.1. The van der Waals surface area contributed by atoms with Crippen LogP contribution in [0.4, 0.5) is 0 Å². The maximum atomic E-state index is 13.6. The largest absolute Gasteiger partial charge is 0.473 e. The van der Waals surface area contributed by atoms with E-state index in [0.717, 1.165) is 9.80 Å². The average molecular weight is 1210 g/mol. The molecule has 3 amide bonds. The summed E-state index contributed by atoms with van der Waals surface area (Å²) >= 11 is 0. The molecule has 3 aliphatic heterocycles. The summed E-state index contributed by atoms with van der Waals surface area (Å²) in [5, 5.41) is 99.4. The van der Waals surface area contributed by atoms with E-state index in [1.54, 1.807) is 34.6 Å². The number of rotatable bonds is 39. The minimum atomic E-state index is -4.96. The molecule has 3 saturated heterocycles. The first kappa shape index (κ1) is 72.2. The van der Waals surface area contributed by atoms with E-state index in [1.807, 2.05) is 0 Å². The fraction of sp³-hybridized carbons (Fsp3) is 0.936. The van der Waals surface area contributed by atoms with Gasteiger partial charge in [-0.05, 0) is 33.1 Å². The van der Waals surface area contributed by atoms with Gasteiger partial charge in [0.15, 0.2) is 18.9 Å². The second kappa shape index (κ2) is 36.7. The summed E-state index contributed by atoms with van der Waals surface area (Å²) in [7, 11) is -9.83. The first-order valence-corrected chi connectivity index (χ1v) is 29.8. The van der Waals surface area contributed by atoms with Crippen LogP contribution >= 0.6 is 15.6 Å². The van der Waals surface area contributed by atoms with Crippen molar-refractivity contribution in [2.24, 2.45) is 17.8 Å². The number of nitrogens with zero attached hydrogens (tertiary/aromatic N) is 3. The maximum Gasteiger partial charge on any atom is 0.473 e. The van der Waals surface area contributed by atoms with Crippen molar-refractivity contribution in [2.45, 2.75) is 153 Å². The van der Waals surface area contributed by atoms with Gasteiger partial charge in [0.1, 0.15) is 43.4 Å². The molecule has 3 rings (SSSR count). The van der Waals surface area contributed by atoms with Gasteiger partial charge in [-0.3, -0.25) is 32.5 Å². The number of carbonyl (C=O) groups excluding carboxylic acids is 3. The molecule has 0 saturated carbocycles. The van der Waals surface area contributed by atoms with E-state index in [-0.39, 0.29) is 90.7 Å². The van der Waals surface area contributed by atoms with Crippen LogP contribution in [0.2, 0.25) is 0 Å². The number of phosphoric acid groups is 2. The van der Waals surface area contributed by atoms with Gasteiger partial charge in [0.2, 0.25) is 17.7 Å². The molecule has 0 aromatic heterocycles. The van der Waals surface area contributed by atoms with Crippen LogP contribution < -0.4 is 0 Å². The van der Waals surface area contributed by atoms with Gasteiger partial charge in [-0.15, -0.1) is 0 Å². The highest BCUT2D eigenvalue weighted by Crippen LogP contribution is 2.44. The predicted molar refractivity (Wildman–Crippen MR) is 273 cm³/mol. The van der Waals surface area contributed by atoms with Crippen LogP contribution in [0.1, 0.15) is 73.1 Å². The molecule has 8 unspecified atom stereocenters. The number of aliphatic hydroxyl groups is 10. The van der Waals surface area contributed by atoms with Crippen molar-refractivity contribution in [3.63, 3.8) is 0 Å². The number of phosphoric ester groups is 2. The smallest absolute Gasteiger partial charge is 0.395 e. The van der Waals surface area contributed by atoms with E-state index in [1.165, 1.54) is 4.90 Å². The van der Waals surface area contributed by atoms with Crippen molar-refractivity contribution in [1.82, 2.24) is 14.7 Å². The molecule has 12 N–H and O–H groups in total. The van der Waals surface area contributed by atoms with Crippen molar-refractivity contribution in [1.29, 1.82) is 0 Å². The lowest BCUT2D eigenvalue weighted by atomic mass is 9.92. The summed E-state index contributed by atoms with van der Waals surface area (Å²) in [4.78, 5) is 64.4. The molecule has 17 atom stereocenters. The van der Waals surface area contributed by atoms with E-state index >= 15 is 0 Å². The molecular formula is C47H89N3O28P2. The Bertz CT molecular complexity index is 1880. The summed E-state index contributed by atoms with van der Waals surface area (Å²) in [6.07, 6.45) is -14.4. The highest BCUT2D eigenvalue weighted by molar-refractivity contribution is 7.47. The number of ether oxygens (including phenoxy) is 7. The lowest BCUT2D eigenvalue weighted by Gasteiger charge is -2.40. The van der Waals surface area contributed by atoms with Crippen molar-refractivity contribution in [3.05, 3.63) is 0 Å². The Labute approximate surface area is 465 Å². The number of aliphatic hydroxyl groups excluding tert-OH is 10. The number of carbonyl (C=O) groups is 3. The van der Waals surface area contributed by atoms with Gasteiger partial charge >= 0.3 is 15.6 Å². The van der Waals surface area contributed by atoms with Gasteiger partial charge in [-0.25, -0.2) is 9.13 Å². The highest BCUT2D eigenvalue weighted by atomic mass is 31.2. The van der Waals surface area contributed by atoms with Crippen LogP contribution in [-0.2, 0) is 74.8 Å². The molecule has 0 aromatic rings. The average Bonchev–Trinajstić information content (AvgIpc) is 3.41. The normalized spacial score (nSPS) is 30.6. The molecule has 3 heterocycles. The summed E-state index contributed by atoms with van der Waals surface area (Å²) in [6, 6.07) is 0. The lowest BCUT2D eigenvalue weighted by molar-refractivity contribution is -0.282. The molecule has 0 bridgehead atoms. The third-order valence-electron chi connectivity index (χ3n) is 13.5. The number of hydrogen-bond donors (Lipinski definition) is 12. The first-order valence-electron chi connectivity index (χ1n) is 26.8. The van der Waals surface area contributed by atoms with Crippen LogP contribution in [0.15, 0.2) is 0 Å². The van der Waals surface area contributed by atoms with Crippen molar-refractivity contribution in [3.8, 4) is 0 Å². The van der Waals surface area contributed by atoms with Crippen LogP contribution in [0.3, 0.4) is 0 Å². The molecule has 0 aromatic carbocycles. The molecule has 0 spiro atoms. The Balaban J connectivity index is 1.57. The van der Waals surface area contributed by atoms with Crippen molar-refractivity contribution >= 4 is 33.4 Å². The fourth-order valence-electron chi connectivity index (χ4n) is 8.49. The zero-order valence-corrected chi connectivity index (χ0v) is 47.9. The summed E-state index contributed by atoms with van der Waals surface area (Å²) < 4.78 is 85.9. The van der Waals surface area contributed by atoms with Crippen LogP contribution in [0.25, 0.3) is 0 Å². The molecule has 3 fully saturated rings. The van der Waals surface area contributed by atoms with Crippen molar-refractivity contribution in [2.75, 3.05) is 112 Å². The van der Waals surface area contributed by atoms with E-state index in [9.17, 15) is 84.4 Å². The molecule has 0 radical (unpaired) electrons. The van der Waals surface area contributed by atoms with Crippen molar-refractivity contribution < 1.29 is 136 Å². The molecule has 80 heavy (non-hydrogen) atoms.